The Morgan fingerprint density at radius 3 is 2.45 bits per heavy atom. The molecule has 1 aliphatic heterocycles. The van der Waals surface area contributed by atoms with Crippen molar-refractivity contribution in [2.45, 2.75) is 57.7 Å². The Morgan fingerprint density at radius 2 is 1.84 bits per heavy atom. The zero-order valence-corrected chi connectivity index (χ0v) is 19.6. The zero-order valence-electron chi connectivity index (χ0n) is 18.8. The normalized spacial score (nSPS) is 18.2. The largest absolute Gasteiger partial charge is 0.496 e. The molecule has 0 atom stereocenters. The molecule has 0 unspecified atom stereocenters. The number of hydrogen-bond donors (Lipinski definition) is 2. The van der Waals surface area contributed by atoms with Crippen LogP contribution in [0.3, 0.4) is 0 Å². The van der Waals surface area contributed by atoms with Gasteiger partial charge in [0, 0.05) is 35.9 Å². The molecule has 0 aliphatic carbocycles. The Hall–Kier alpha value is -2.52. The van der Waals surface area contributed by atoms with Gasteiger partial charge in [0.15, 0.2) is 5.01 Å². The van der Waals surface area contributed by atoms with Crippen molar-refractivity contribution < 1.29 is 9.13 Å². The van der Waals surface area contributed by atoms with Crippen molar-refractivity contribution in [3.8, 4) is 27.4 Å². The van der Waals surface area contributed by atoms with E-state index >= 15 is 4.39 Å². The standard InChI is InChI=1S/C22H29FN6OS/c1-21(2)9-15(10-22(3,4)28-21)29(5)20-27-26-19(31-20)18-16(23)7-13(8-17(18)30-6)14-11-24-25-12-14/h7-8,11-12,15,28H,9-10H2,1-6H3,(H,24,25). The molecule has 2 N–H and O–H groups in total. The second-order valence-electron chi connectivity index (χ2n) is 9.48. The first-order valence-electron chi connectivity index (χ1n) is 10.3. The van der Waals surface area contributed by atoms with Gasteiger partial charge in [-0.25, -0.2) is 4.39 Å². The number of ether oxygens (including phenoxy) is 1. The van der Waals surface area contributed by atoms with E-state index in [4.69, 9.17) is 4.74 Å². The summed E-state index contributed by atoms with van der Waals surface area (Å²) in [6.45, 7) is 8.90. The van der Waals surface area contributed by atoms with E-state index in [9.17, 15) is 0 Å². The predicted octanol–water partition coefficient (Wildman–Crippen LogP) is 4.49. The van der Waals surface area contributed by atoms with Gasteiger partial charge in [-0.15, -0.1) is 10.2 Å². The average Bonchev–Trinajstić information content (AvgIpc) is 3.36. The number of hydrogen-bond acceptors (Lipinski definition) is 7. The van der Waals surface area contributed by atoms with Gasteiger partial charge in [-0.3, -0.25) is 5.10 Å². The summed E-state index contributed by atoms with van der Waals surface area (Å²) in [5.74, 6) is 0.0238. The van der Waals surface area contributed by atoms with E-state index in [-0.39, 0.29) is 11.1 Å². The number of aromatic amines is 1. The number of methoxy groups -OCH3 is 1. The molecule has 0 amide bonds. The van der Waals surface area contributed by atoms with Crippen LogP contribution < -0.4 is 15.0 Å². The van der Waals surface area contributed by atoms with Crippen LogP contribution in [-0.4, -0.2) is 51.7 Å². The summed E-state index contributed by atoms with van der Waals surface area (Å²) in [5, 5.41) is 20.4. The zero-order chi connectivity index (χ0) is 22.4. The Labute approximate surface area is 186 Å². The molecule has 1 aliphatic rings. The van der Waals surface area contributed by atoms with Crippen LogP contribution >= 0.6 is 11.3 Å². The first kappa shape index (κ1) is 21.7. The van der Waals surface area contributed by atoms with E-state index < -0.39 is 5.82 Å². The lowest BCUT2D eigenvalue weighted by molar-refractivity contribution is 0.161. The highest BCUT2D eigenvalue weighted by atomic mass is 32.1. The first-order chi connectivity index (χ1) is 14.6. The van der Waals surface area contributed by atoms with Gasteiger partial charge >= 0.3 is 0 Å². The minimum atomic E-state index is -0.398. The van der Waals surface area contributed by atoms with Crippen LogP contribution in [0.25, 0.3) is 21.7 Å². The molecule has 9 heteroatoms. The minimum absolute atomic E-state index is 0.0203. The molecular formula is C22H29FN6OS. The average molecular weight is 445 g/mol. The third-order valence-corrected chi connectivity index (χ3v) is 6.78. The number of benzene rings is 1. The molecule has 0 saturated carbocycles. The number of rotatable bonds is 5. The maximum Gasteiger partial charge on any atom is 0.208 e. The fourth-order valence-corrected chi connectivity index (χ4v) is 5.61. The number of nitrogens with one attached hydrogen (secondary N) is 2. The highest BCUT2D eigenvalue weighted by molar-refractivity contribution is 7.18. The Balaban J connectivity index is 1.64. The monoisotopic (exact) mass is 444 g/mol. The molecule has 0 bridgehead atoms. The molecule has 3 heterocycles. The maximum absolute atomic E-state index is 15.1. The van der Waals surface area contributed by atoms with Crippen molar-refractivity contribution in [2.75, 3.05) is 19.1 Å². The van der Waals surface area contributed by atoms with Gasteiger partial charge in [0.25, 0.3) is 0 Å². The summed E-state index contributed by atoms with van der Waals surface area (Å²) in [4.78, 5) is 2.18. The molecule has 1 saturated heterocycles. The van der Waals surface area contributed by atoms with Crippen LogP contribution in [0, 0.1) is 5.82 Å². The number of nitrogens with zero attached hydrogens (tertiary/aromatic N) is 4. The van der Waals surface area contributed by atoms with Crippen molar-refractivity contribution in [2.24, 2.45) is 0 Å². The second kappa shape index (κ2) is 7.87. The number of halogens is 1. The second-order valence-corrected chi connectivity index (χ2v) is 10.4. The van der Waals surface area contributed by atoms with Gasteiger partial charge in [0.1, 0.15) is 11.6 Å². The molecule has 0 radical (unpaired) electrons. The quantitative estimate of drug-likeness (QED) is 0.604. The van der Waals surface area contributed by atoms with E-state index in [1.165, 1.54) is 24.5 Å². The summed E-state index contributed by atoms with van der Waals surface area (Å²) in [7, 11) is 3.58. The summed E-state index contributed by atoms with van der Waals surface area (Å²) in [6.07, 6.45) is 5.33. The Morgan fingerprint density at radius 1 is 1.13 bits per heavy atom. The SMILES string of the molecule is COc1cc(-c2cn[nH]c2)cc(F)c1-c1nnc(N(C)C2CC(C)(C)NC(C)(C)C2)s1. The van der Waals surface area contributed by atoms with Crippen molar-refractivity contribution in [3.63, 3.8) is 0 Å². The highest BCUT2D eigenvalue weighted by Gasteiger charge is 2.40. The summed E-state index contributed by atoms with van der Waals surface area (Å²) in [6, 6.07) is 3.58. The molecule has 3 aromatic rings. The van der Waals surface area contributed by atoms with Crippen LogP contribution in [0.1, 0.15) is 40.5 Å². The van der Waals surface area contributed by atoms with E-state index in [1.54, 1.807) is 18.5 Å². The van der Waals surface area contributed by atoms with E-state index in [2.05, 4.69) is 58.3 Å². The lowest BCUT2D eigenvalue weighted by Gasteiger charge is -2.48. The van der Waals surface area contributed by atoms with Crippen molar-refractivity contribution in [3.05, 3.63) is 30.3 Å². The molecule has 0 spiro atoms. The summed E-state index contributed by atoms with van der Waals surface area (Å²) < 4.78 is 20.7. The molecule has 4 rings (SSSR count). The Kier molecular flexibility index (Phi) is 5.51. The smallest absolute Gasteiger partial charge is 0.208 e. The van der Waals surface area contributed by atoms with Gasteiger partial charge < -0.3 is 15.0 Å². The van der Waals surface area contributed by atoms with Crippen molar-refractivity contribution in [1.82, 2.24) is 25.7 Å². The number of anilines is 1. The van der Waals surface area contributed by atoms with Gasteiger partial charge in [0.05, 0.1) is 18.9 Å². The number of piperidine rings is 1. The lowest BCUT2D eigenvalue weighted by atomic mass is 9.79. The van der Waals surface area contributed by atoms with Crippen LogP contribution in [0.5, 0.6) is 5.75 Å². The molecule has 166 valence electrons. The predicted molar refractivity (Wildman–Crippen MR) is 122 cm³/mol. The molecule has 2 aromatic heterocycles. The lowest BCUT2D eigenvalue weighted by Crippen LogP contribution is -2.61. The number of H-pyrrole nitrogens is 1. The van der Waals surface area contributed by atoms with Crippen LogP contribution in [0.4, 0.5) is 9.52 Å². The molecule has 7 nitrogen and oxygen atoms in total. The van der Waals surface area contributed by atoms with Gasteiger partial charge in [0.2, 0.25) is 5.13 Å². The Bertz CT molecular complexity index is 1050. The fraction of sp³-hybridized carbons (Fsp3) is 0.500. The van der Waals surface area contributed by atoms with Gasteiger partial charge in [-0.2, -0.15) is 5.10 Å². The maximum atomic E-state index is 15.1. The van der Waals surface area contributed by atoms with Crippen molar-refractivity contribution in [1.29, 1.82) is 0 Å². The van der Waals surface area contributed by atoms with Crippen LogP contribution in [0.15, 0.2) is 24.5 Å². The van der Waals surface area contributed by atoms with Crippen molar-refractivity contribution >= 4 is 16.5 Å². The van der Waals surface area contributed by atoms with Gasteiger partial charge in [-0.05, 0) is 58.2 Å². The topological polar surface area (TPSA) is 79.0 Å². The highest BCUT2D eigenvalue weighted by Crippen LogP contribution is 2.41. The minimum Gasteiger partial charge on any atom is -0.496 e. The van der Waals surface area contributed by atoms with Crippen LogP contribution in [-0.2, 0) is 0 Å². The van der Waals surface area contributed by atoms with Crippen LogP contribution in [0.2, 0.25) is 0 Å². The third-order valence-electron chi connectivity index (χ3n) is 5.75. The fourth-order valence-electron chi connectivity index (χ4n) is 4.68. The van der Waals surface area contributed by atoms with Gasteiger partial charge in [-0.1, -0.05) is 11.3 Å². The van der Waals surface area contributed by atoms with E-state index in [0.717, 1.165) is 23.5 Å². The first-order valence-corrected chi connectivity index (χ1v) is 11.1. The molecule has 31 heavy (non-hydrogen) atoms. The molecule has 1 aromatic carbocycles. The molecule has 1 fully saturated rings. The third kappa shape index (κ3) is 4.43. The summed E-state index contributed by atoms with van der Waals surface area (Å²) >= 11 is 1.38. The molecular weight excluding hydrogens is 415 g/mol. The number of aromatic nitrogens is 4. The summed E-state index contributed by atoms with van der Waals surface area (Å²) in [5.41, 5.74) is 1.85. The van der Waals surface area contributed by atoms with E-state index in [1.807, 2.05) is 7.05 Å². The van der Waals surface area contributed by atoms with E-state index in [0.29, 0.717) is 27.9 Å².